The summed E-state index contributed by atoms with van der Waals surface area (Å²) in [5.74, 6) is -2.20. The van der Waals surface area contributed by atoms with Crippen molar-refractivity contribution in [2.75, 3.05) is 0 Å². The quantitative estimate of drug-likeness (QED) is 0.148. The Balaban J connectivity index is -0.000000563. The van der Waals surface area contributed by atoms with Crippen molar-refractivity contribution in [3.05, 3.63) is 0 Å². The number of unbranched alkanes of at least 4 members (excludes halogenated alkanes) is 15. The SMILES string of the molecule is CCCCCCCCCCCCCCCCC[C-]=O.N[C@@H](CCC(=O)O)C(=O)O.[K+]. The molecule has 0 spiro atoms. The van der Waals surface area contributed by atoms with Gasteiger partial charge in [-0.15, -0.1) is 0 Å². The third-order valence-electron chi connectivity index (χ3n) is 4.87. The predicted octanol–water partition coefficient (Wildman–Crippen LogP) is 2.62. The Morgan fingerprint density at radius 1 is 0.767 bits per heavy atom. The van der Waals surface area contributed by atoms with Gasteiger partial charge in [0, 0.05) is 6.42 Å². The molecule has 30 heavy (non-hydrogen) atoms. The maximum Gasteiger partial charge on any atom is 1.00 e. The van der Waals surface area contributed by atoms with E-state index in [4.69, 9.17) is 15.9 Å². The topological polar surface area (TPSA) is 118 Å². The van der Waals surface area contributed by atoms with Crippen LogP contribution in [0.3, 0.4) is 0 Å². The van der Waals surface area contributed by atoms with Crippen molar-refractivity contribution in [3.8, 4) is 0 Å². The van der Waals surface area contributed by atoms with Gasteiger partial charge in [0.05, 0.1) is 0 Å². The first-order chi connectivity index (χ1) is 14.0. The van der Waals surface area contributed by atoms with Gasteiger partial charge in [0.15, 0.2) is 0 Å². The molecule has 0 aromatic carbocycles. The van der Waals surface area contributed by atoms with E-state index in [1.807, 2.05) is 6.29 Å². The molecule has 6 nitrogen and oxygen atoms in total. The molecule has 0 unspecified atom stereocenters. The summed E-state index contributed by atoms with van der Waals surface area (Å²) in [5, 5.41) is 16.3. The molecular formula is C23H44KNO5. The fourth-order valence-electron chi connectivity index (χ4n) is 2.97. The van der Waals surface area contributed by atoms with Crippen LogP contribution in [0.5, 0.6) is 0 Å². The van der Waals surface area contributed by atoms with Gasteiger partial charge in [-0.1, -0.05) is 103 Å². The van der Waals surface area contributed by atoms with Crippen LogP contribution < -0.4 is 57.1 Å². The number of carboxylic acid groups (broad SMARTS) is 2. The number of aliphatic carboxylic acids is 2. The number of rotatable bonds is 20. The first kappa shape index (κ1) is 34.8. The largest absolute Gasteiger partial charge is 1.00 e. The van der Waals surface area contributed by atoms with Gasteiger partial charge in [0.2, 0.25) is 0 Å². The summed E-state index contributed by atoms with van der Waals surface area (Å²) in [7, 11) is 0. The molecule has 0 heterocycles. The van der Waals surface area contributed by atoms with Gasteiger partial charge < -0.3 is 20.7 Å². The molecule has 0 amide bonds. The van der Waals surface area contributed by atoms with Crippen molar-refractivity contribution >= 4 is 18.2 Å². The summed E-state index contributed by atoms with van der Waals surface area (Å²) < 4.78 is 0. The van der Waals surface area contributed by atoms with E-state index in [0.717, 1.165) is 6.42 Å². The number of hydrogen-bond donors (Lipinski definition) is 3. The Hall–Kier alpha value is 0.206. The monoisotopic (exact) mass is 453 g/mol. The van der Waals surface area contributed by atoms with E-state index in [-0.39, 0.29) is 64.2 Å². The maximum absolute atomic E-state index is 10.0. The molecule has 1 atom stereocenters. The number of nitrogens with two attached hydrogens (primary N) is 1. The molecule has 0 fully saturated rings. The molecule has 4 N–H and O–H groups in total. The number of carbonyl (C=O) groups excluding carboxylic acids is 1. The van der Waals surface area contributed by atoms with E-state index in [2.05, 4.69) is 6.92 Å². The third kappa shape index (κ3) is 32.9. The second-order valence-corrected chi connectivity index (χ2v) is 7.72. The molecule has 0 aliphatic heterocycles. The Kier molecular flexibility index (Phi) is 33.9. The minimum atomic E-state index is -1.17. The average molecular weight is 454 g/mol. The van der Waals surface area contributed by atoms with Crippen LogP contribution in [0.25, 0.3) is 0 Å². The van der Waals surface area contributed by atoms with Crippen LogP contribution in [-0.4, -0.2) is 34.5 Å². The van der Waals surface area contributed by atoms with Gasteiger partial charge in [-0.3, -0.25) is 15.9 Å². The second kappa shape index (κ2) is 29.2. The summed E-state index contributed by atoms with van der Waals surface area (Å²) in [5.41, 5.74) is 5.00. The Labute approximate surface area is 226 Å². The van der Waals surface area contributed by atoms with Crippen LogP contribution in [0, 0.1) is 0 Å². The van der Waals surface area contributed by atoms with E-state index >= 15 is 0 Å². The molecule has 0 aliphatic rings. The number of hydrogen-bond acceptors (Lipinski definition) is 4. The molecule has 0 rings (SSSR count). The first-order valence-electron chi connectivity index (χ1n) is 11.5. The maximum atomic E-state index is 10.0. The number of carbonyl (C=O) groups is 2. The van der Waals surface area contributed by atoms with Crippen molar-refractivity contribution in [1.29, 1.82) is 0 Å². The average Bonchev–Trinajstić information content (AvgIpc) is 2.69. The van der Waals surface area contributed by atoms with Crippen molar-refractivity contribution < 1.29 is 76.0 Å². The van der Waals surface area contributed by atoms with Crippen LogP contribution in [0.15, 0.2) is 0 Å². The molecule has 0 bridgehead atoms. The summed E-state index contributed by atoms with van der Waals surface area (Å²) >= 11 is 0. The van der Waals surface area contributed by atoms with E-state index in [0.29, 0.717) is 6.42 Å². The van der Waals surface area contributed by atoms with E-state index < -0.39 is 18.0 Å². The predicted molar refractivity (Wildman–Crippen MR) is 118 cm³/mol. The van der Waals surface area contributed by atoms with Crippen LogP contribution in [0.2, 0.25) is 0 Å². The number of carboxylic acids is 2. The summed E-state index contributed by atoms with van der Waals surface area (Å²) in [6.07, 6.45) is 23.0. The Morgan fingerprint density at radius 3 is 1.43 bits per heavy atom. The molecule has 0 radical (unpaired) electrons. The van der Waals surface area contributed by atoms with Gasteiger partial charge in [-0.25, -0.2) is 0 Å². The van der Waals surface area contributed by atoms with E-state index in [9.17, 15) is 14.4 Å². The van der Waals surface area contributed by atoms with Crippen molar-refractivity contribution in [3.63, 3.8) is 0 Å². The van der Waals surface area contributed by atoms with Crippen LogP contribution >= 0.6 is 0 Å². The zero-order valence-electron chi connectivity index (χ0n) is 19.5. The molecule has 172 valence electrons. The fraction of sp³-hybridized carbons (Fsp3) is 0.870. The molecule has 0 aromatic heterocycles. The normalized spacial score (nSPS) is 11.0. The molecule has 0 saturated carbocycles. The second-order valence-electron chi connectivity index (χ2n) is 7.72. The minimum Gasteiger partial charge on any atom is -0.542 e. The summed E-state index contributed by atoms with van der Waals surface area (Å²) in [6.45, 7) is 2.28. The van der Waals surface area contributed by atoms with Gasteiger partial charge in [0.25, 0.3) is 0 Å². The molecule has 0 aromatic rings. The molecule has 0 saturated heterocycles. The smallest absolute Gasteiger partial charge is 0.542 e. The molecule has 7 heteroatoms. The first-order valence-corrected chi connectivity index (χ1v) is 11.5. The summed E-state index contributed by atoms with van der Waals surface area (Å²) in [4.78, 5) is 29.9. The van der Waals surface area contributed by atoms with E-state index in [1.54, 1.807) is 0 Å². The van der Waals surface area contributed by atoms with Crippen molar-refractivity contribution in [1.82, 2.24) is 0 Å². The van der Waals surface area contributed by atoms with Gasteiger partial charge in [0.1, 0.15) is 6.04 Å². The summed E-state index contributed by atoms with van der Waals surface area (Å²) in [6, 6.07) is -1.06. The molecular weight excluding hydrogens is 409 g/mol. The van der Waals surface area contributed by atoms with Gasteiger partial charge in [-0.2, -0.15) is 6.42 Å². The van der Waals surface area contributed by atoms with Crippen molar-refractivity contribution in [2.24, 2.45) is 5.73 Å². The van der Waals surface area contributed by atoms with Crippen molar-refractivity contribution in [2.45, 2.75) is 129 Å². The Bertz CT molecular complexity index is 394. The third-order valence-corrected chi connectivity index (χ3v) is 4.87. The van der Waals surface area contributed by atoms with Gasteiger partial charge >= 0.3 is 63.3 Å². The fourth-order valence-corrected chi connectivity index (χ4v) is 2.97. The van der Waals surface area contributed by atoms with Crippen LogP contribution in [0.1, 0.15) is 122 Å². The zero-order chi connectivity index (χ0) is 22.2. The Morgan fingerprint density at radius 2 is 1.13 bits per heavy atom. The van der Waals surface area contributed by atoms with E-state index in [1.165, 1.54) is 89.9 Å². The minimum absolute atomic E-state index is 0. The van der Waals surface area contributed by atoms with Crippen LogP contribution in [-0.2, 0) is 14.4 Å². The standard InChI is InChI=1S/C18H35O.C5H9NO4.K/c1-2-3-4-5-6-7-8-9-10-11-12-13-14-15-16-17-18-19;6-3(5(9)10)1-2-4(7)8;/h2-17H2,1H3;3H,1-2,6H2,(H,7,8)(H,9,10);/q-1;;+1/t;3-;/m.0./s1. The van der Waals surface area contributed by atoms with Gasteiger partial charge in [-0.05, 0) is 6.42 Å². The molecule has 0 aliphatic carbocycles. The van der Waals surface area contributed by atoms with Crippen LogP contribution in [0.4, 0.5) is 0 Å². The zero-order valence-corrected chi connectivity index (χ0v) is 22.6.